The highest BCUT2D eigenvalue weighted by molar-refractivity contribution is 8.00. The van der Waals surface area contributed by atoms with Crippen molar-refractivity contribution in [2.75, 3.05) is 11.9 Å². The molecule has 3 aliphatic rings. The van der Waals surface area contributed by atoms with Gasteiger partial charge in [0, 0.05) is 17.5 Å². The van der Waals surface area contributed by atoms with Gasteiger partial charge in [-0.25, -0.2) is 0 Å². The maximum absolute atomic E-state index is 13.4. The van der Waals surface area contributed by atoms with Gasteiger partial charge in [0.25, 0.3) is 5.91 Å². The predicted molar refractivity (Wildman–Crippen MR) is 111 cm³/mol. The minimum atomic E-state index is 0.176. The van der Waals surface area contributed by atoms with Gasteiger partial charge in [-0.2, -0.15) is 0 Å². The quantitative estimate of drug-likeness (QED) is 0.764. The van der Waals surface area contributed by atoms with Gasteiger partial charge in [0.05, 0.1) is 10.9 Å². The van der Waals surface area contributed by atoms with E-state index in [4.69, 9.17) is 0 Å². The lowest BCUT2D eigenvalue weighted by molar-refractivity contribution is -0.127. The fraction of sp³-hybridized carbons (Fsp3) is 0.348. The molecule has 0 saturated heterocycles. The number of hydrogen-bond donors (Lipinski definition) is 1. The van der Waals surface area contributed by atoms with E-state index in [2.05, 4.69) is 58.7 Å². The van der Waals surface area contributed by atoms with Crippen molar-refractivity contribution in [1.82, 2.24) is 4.90 Å². The van der Waals surface area contributed by atoms with Gasteiger partial charge >= 0.3 is 0 Å². The molecular weight excluding hydrogens is 352 g/mol. The largest absolute Gasteiger partial charge is 0.350 e. The summed E-state index contributed by atoms with van der Waals surface area (Å²) in [7, 11) is 0. The number of amides is 1. The Morgan fingerprint density at radius 1 is 0.926 bits per heavy atom. The Morgan fingerprint density at radius 3 is 2.48 bits per heavy atom. The third-order valence-electron chi connectivity index (χ3n) is 5.96. The summed E-state index contributed by atoms with van der Waals surface area (Å²) in [6, 6.07) is 19.3. The van der Waals surface area contributed by atoms with Gasteiger partial charge in [-0.05, 0) is 36.1 Å². The Labute approximate surface area is 164 Å². The van der Waals surface area contributed by atoms with E-state index in [9.17, 15) is 4.79 Å². The molecule has 0 spiro atoms. The average molecular weight is 377 g/mol. The molecule has 1 aliphatic carbocycles. The van der Waals surface area contributed by atoms with Gasteiger partial charge in [-0.1, -0.05) is 61.7 Å². The summed E-state index contributed by atoms with van der Waals surface area (Å²) < 4.78 is 0. The van der Waals surface area contributed by atoms with Gasteiger partial charge in [0.2, 0.25) is 0 Å². The van der Waals surface area contributed by atoms with Crippen molar-refractivity contribution in [2.45, 2.75) is 48.3 Å². The predicted octanol–water partition coefficient (Wildman–Crippen LogP) is 5.37. The Hall–Kier alpha value is -2.20. The third-order valence-corrected chi connectivity index (χ3v) is 7.36. The van der Waals surface area contributed by atoms with Crippen LogP contribution in [0, 0.1) is 0 Å². The molecule has 3 nitrogen and oxygen atoms in total. The lowest BCUT2D eigenvalue weighted by Crippen LogP contribution is -2.39. The van der Waals surface area contributed by atoms with Crippen LogP contribution in [0.15, 0.2) is 70.8 Å². The SMILES string of the molecule is O=C1C2=C(CN1C1CCCCC1)C(c1ccccc1)Sc1ccccc1N2. The maximum Gasteiger partial charge on any atom is 0.270 e. The summed E-state index contributed by atoms with van der Waals surface area (Å²) in [5.41, 5.74) is 4.36. The normalized spacial score (nSPS) is 22.9. The van der Waals surface area contributed by atoms with Crippen molar-refractivity contribution < 1.29 is 4.79 Å². The number of carbonyl (C=O) groups is 1. The second kappa shape index (κ2) is 7.08. The number of anilines is 1. The minimum absolute atomic E-state index is 0.176. The number of fused-ring (bicyclic) bond motifs is 1. The van der Waals surface area contributed by atoms with Crippen molar-refractivity contribution in [3.63, 3.8) is 0 Å². The fourth-order valence-corrected chi connectivity index (χ4v) is 5.84. The number of nitrogens with zero attached hydrogens (tertiary/aromatic N) is 1. The first-order valence-corrected chi connectivity index (χ1v) is 10.8. The molecule has 1 atom stereocenters. The standard InChI is InChI=1S/C23H24N2OS/c26-23-21-18(15-25(23)17-11-5-2-6-12-17)22(16-9-3-1-4-10-16)27-20-14-8-7-13-19(20)24-21/h1,3-4,7-10,13-14,17,22,24H,2,5-6,11-12,15H2. The number of rotatable bonds is 2. The van der Waals surface area contributed by atoms with Crippen LogP contribution in [0.5, 0.6) is 0 Å². The van der Waals surface area contributed by atoms with E-state index in [0.29, 0.717) is 6.04 Å². The smallest absolute Gasteiger partial charge is 0.270 e. The van der Waals surface area contributed by atoms with Crippen LogP contribution in [0.4, 0.5) is 5.69 Å². The lowest BCUT2D eigenvalue weighted by Gasteiger charge is -2.32. The van der Waals surface area contributed by atoms with E-state index in [1.807, 2.05) is 17.8 Å². The van der Waals surface area contributed by atoms with Crippen molar-refractivity contribution in [3.8, 4) is 0 Å². The van der Waals surface area contributed by atoms with Crippen molar-refractivity contribution >= 4 is 23.4 Å². The topological polar surface area (TPSA) is 32.3 Å². The van der Waals surface area contributed by atoms with E-state index >= 15 is 0 Å². The second-order valence-corrected chi connectivity index (χ2v) is 8.80. The van der Waals surface area contributed by atoms with Crippen LogP contribution in [0.1, 0.15) is 42.9 Å². The summed E-state index contributed by atoms with van der Waals surface area (Å²) in [6.45, 7) is 0.756. The molecule has 2 aliphatic heterocycles. The number of para-hydroxylation sites is 1. The summed E-state index contributed by atoms with van der Waals surface area (Å²) >= 11 is 1.86. The van der Waals surface area contributed by atoms with E-state index < -0.39 is 0 Å². The summed E-state index contributed by atoms with van der Waals surface area (Å²) in [5.74, 6) is 0.190. The van der Waals surface area contributed by atoms with Gasteiger partial charge in [0.1, 0.15) is 5.70 Å². The molecule has 0 bridgehead atoms. The van der Waals surface area contributed by atoms with Crippen molar-refractivity contribution in [3.05, 3.63) is 71.4 Å². The molecule has 0 aromatic heterocycles. The van der Waals surface area contributed by atoms with Crippen LogP contribution in [0.3, 0.4) is 0 Å². The molecule has 5 rings (SSSR count). The summed E-state index contributed by atoms with van der Waals surface area (Å²) in [4.78, 5) is 16.7. The molecule has 2 heterocycles. The molecule has 2 aromatic rings. The number of carbonyl (C=O) groups excluding carboxylic acids is 1. The van der Waals surface area contributed by atoms with Gasteiger partial charge < -0.3 is 10.2 Å². The molecule has 1 N–H and O–H groups in total. The van der Waals surface area contributed by atoms with E-state index in [1.165, 1.54) is 35.3 Å². The van der Waals surface area contributed by atoms with Crippen LogP contribution in [-0.4, -0.2) is 23.4 Å². The molecular formula is C23H24N2OS. The highest BCUT2D eigenvalue weighted by Crippen LogP contribution is 2.49. The third kappa shape index (κ3) is 3.06. The molecule has 2 aromatic carbocycles. The number of nitrogens with one attached hydrogen (secondary N) is 1. The second-order valence-electron chi connectivity index (χ2n) is 7.65. The van der Waals surface area contributed by atoms with E-state index in [0.717, 1.165) is 30.8 Å². The lowest BCUT2D eigenvalue weighted by atomic mass is 9.94. The van der Waals surface area contributed by atoms with E-state index in [1.54, 1.807) is 0 Å². The molecule has 1 fully saturated rings. The zero-order valence-electron chi connectivity index (χ0n) is 15.4. The van der Waals surface area contributed by atoms with Crippen LogP contribution in [0.2, 0.25) is 0 Å². The zero-order valence-corrected chi connectivity index (χ0v) is 16.2. The monoisotopic (exact) mass is 376 g/mol. The first-order valence-electron chi connectivity index (χ1n) is 9.93. The molecule has 1 saturated carbocycles. The molecule has 1 unspecified atom stereocenters. The molecule has 1 amide bonds. The van der Waals surface area contributed by atoms with Gasteiger partial charge in [-0.3, -0.25) is 4.79 Å². The molecule has 4 heteroatoms. The maximum atomic E-state index is 13.4. The Balaban J connectivity index is 1.55. The van der Waals surface area contributed by atoms with Crippen LogP contribution >= 0.6 is 11.8 Å². The van der Waals surface area contributed by atoms with Crippen LogP contribution < -0.4 is 5.32 Å². The Morgan fingerprint density at radius 2 is 1.67 bits per heavy atom. The fourth-order valence-electron chi connectivity index (χ4n) is 4.55. The zero-order chi connectivity index (χ0) is 18.2. The summed E-state index contributed by atoms with van der Waals surface area (Å²) in [5, 5.41) is 3.68. The highest BCUT2D eigenvalue weighted by Gasteiger charge is 2.40. The number of hydrogen-bond acceptors (Lipinski definition) is 3. The molecule has 0 radical (unpaired) electrons. The highest BCUT2D eigenvalue weighted by atomic mass is 32.2. The molecule has 27 heavy (non-hydrogen) atoms. The first kappa shape index (κ1) is 16.9. The van der Waals surface area contributed by atoms with Crippen molar-refractivity contribution in [2.24, 2.45) is 0 Å². The average Bonchev–Trinajstić information content (AvgIpc) is 2.95. The van der Waals surface area contributed by atoms with Gasteiger partial charge in [-0.15, -0.1) is 11.8 Å². The summed E-state index contributed by atoms with van der Waals surface area (Å²) in [6.07, 6.45) is 6.08. The first-order chi connectivity index (χ1) is 13.3. The van der Waals surface area contributed by atoms with Crippen molar-refractivity contribution in [1.29, 1.82) is 0 Å². The van der Waals surface area contributed by atoms with E-state index in [-0.39, 0.29) is 11.2 Å². The van der Waals surface area contributed by atoms with Crippen LogP contribution in [-0.2, 0) is 4.79 Å². The number of thioether (sulfide) groups is 1. The number of benzene rings is 2. The Bertz CT molecular complexity index is 886. The van der Waals surface area contributed by atoms with Gasteiger partial charge in [0.15, 0.2) is 0 Å². The minimum Gasteiger partial charge on any atom is -0.350 e. The van der Waals surface area contributed by atoms with Crippen LogP contribution in [0.25, 0.3) is 0 Å². The Kier molecular flexibility index (Phi) is 4.44. The molecule has 138 valence electrons.